The van der Waals surface area contributed by atoms with Crippen LogP contribution in [0.5, 0.6) is 5.75 Å². The summed E-state index contributed by atoms with van der Waals surface area (Å²) in [5.74, 6) is 0.954. The summed E-state index contributed by atoms with van der Waals surface area (Å²) in [6.07, 6.45) is 2.05. The van der Waals surface area contributed by atoms with Crippen LogP contribution in [0.2, 0.25) is 0 Å². The summed E-state index contributed by atoms with van der Waals surface area (Å²) in [6.45, 7) is 0. The predicted molar refractivity (Wildman–Crippen MR) is 43.7 cm³/mol. The molecule has 10 heavy (non-hydrogen) atoms. The molecular formula is C8H6OS. The Labute approximate surface area is 63.9 Å². The first-order valence-electron chi connectivity index (χ1n) is 3.06. The highest BCUT2D eigenvalue weighted by atomic mass is 32.2. The molecule has 2 rings (SSSR count). The van der Waals surface area contributed by atoms with Crippen LogP contribution in [-0.2, 0) is 0 Å². The van der Waals surface area contributed by atoms with Gasteiger partial charge in [0.25, 0.3) is 0 Å². The van der Waals surface area contributed by atoms with Gasteiger partial charge in [-0.3, -0.25) is 0 Å². The van der Waals surface area contributed by atoms with E-state index in [0.29, 0.717) is 0 Å². The largest absolute Gasteiger partial charge is 0.421 e. The highest BCUT2D eigenvalue weighted by Crippen LogP contribution is 2.28. The average Bonchev–Trinajstić information content (AvgIpc) is 2.05. The first-order chi connectivity index (χ1) is 4.97. The van der Waals surface area contributed by atoms with Crippen molar-refractivity contribution in [1.82, 2.24) is 0 Å². The van der Waals surface area contributed by atoms with Crippen molar-refractivity contribution in [3.8, 4) is 5.75 Å². The number of benzene rings is 1. The van der Waals surface area contributed by atoms with Gasteiger partial charge in [-0.25, -0.2) is 0 Å². The summed E-state index contributed by atoms with van der Waals surface area (Å²) >= 11 is 1.36. The second kappa shape index (κ2) is 2.39. The summed E-state index contributed by atoms with van der Waals surface area (Å²) in [6, 6.07) is 7.97. The molecular weight excluding hydrogens is 144 g/mol. The Balaban J connectivity index is 2.54. The fourth-order valence-corrected chi connectivity index (χ4v) is 1.39. The van der Waals surface area contributed by atoms with E-state index in [1.165, 1.54) is 12.0 Å². The van der Waals surface area contributed by atoms with Crippen molar-refractivity contribution < 1.29 is 4.18 Å². The van der Waals surface area contributed by atoms with E-state index in [1.54, 1.807) is 0 Å². The quantitative estimate of drug-likeness (QED) is 0.526. The normalized spacial score (nSPS) is 14.0. The van der Waals surface area contributed by atoms with Crippen molar-refractivity contribution in [3.05, 3.63) is 35.2 Å². The molecule has 50 valence electrons. The maximum Gasteiger partial charge on any atom is 0.145 e. The third-order valence-corrected chi connectivity index (χ3v) is 1.88. The Kier molecular flexibility index (Phi) is 1.40. The topological polar surface area (TPSA) is 9.23 Å². The molecule has 0 atom stereocenters. The van der Waals surface area contributed by atoms with Gasteiger partial charge < -0.3 is 4.18 Å². The van der Waals surface area contributed by atoms with E-state index in [1.807, 2.05) is 35.7 Å². The van der Waals surface area contributed by atoms with Crippen molar-refractivity contribution in [2.24, 2.45) is 0 Å². The molecule has 0 radical (unpaired) electrons. The van der Waals surface area contributed by atoms with Crippen LogP contribution in [0.15, 0.2) is 29.7 Å². The van der Waals surface area contributed by atoms with Crippen molar-refractivity contribution in [3.63, 3.8) is 0 Å². The van der Waals surface area contributed by atoms with Gasteiger partial charge in [-0.2, -0.15) is 0 Å². The summed E-state index contributed by atoms with van der Waals surface area (Å²) in [7, 11) is 0. The minimum atomic E-state index is 0.954. The lowest BCUT2D eigenvalue weighted by atomic mass is 10.2. The molecule has 0 unspecified atom stereocenters. The minimum Gasteiger partial charge on any atom is -0.421 e. The van der Waals surface area contributed by atoms with E-state index in [2.05, 4.69) is 0 Å². The minimum absolute atomic E-state index is 0.954. The lowest BCUT2D eigenvalue weighted by Gasteiger charge is -2.08. The second-order valence-electron chi connectivity index (χ2n) is 2.02. The van der Waals surface area contributed by atoms with E-state index in [9.17, 15) is 0 Å². The molecule has 1 heterocycles. The van der Waals surface area contributed by atoms with Gasteiger partial charge in [-0.1, -0.05) is 18.2 Å². The van der Waals surface area contributed by atoms with Crippen molar-refractivity contribution in [2.75, 3.05) is 0 Å². The first kappa shape index (κ1) is 5.86. The second-order valence-corrected chi connectivity index (χ2v) is 2.65. The molecule has 0 N–H and O–H groups in total. The Morgan fingerprint density at radius 1 is 1.20 bits per heavy atom. The molecule has 1 aliphatic heterocycles. The molecule has 0 aliphatic carbocycles. The average molecular weight is 150 g/mol. The fraction of sp³-hybridized carbons (Fsp3) is 0. The van der Waals surface area contributed by atoms with E-state index in [4.69, 9.17) is 4.18 Å². The Morgan fingerprint density at radius 2 is 2.10 bits per heavy atom. The van der Waals surface area contributed by atoms with Gasteiger partial charge in [-0.15, -0.1) is 0 Å². The van der Waals surface area contributed by atoms with Crippen LogP contribution in [0, 0.1) is 0 Å². The number of fused-ring (bicyclic) bond motifs is 1. The van der Waals surface area contributed by atoms with Gasteiger partial charge in [0, 0.05) is 11.0 Å². The molecule has 1 aromatic rings. The smallest absolute Gasteiger partial charge is 0.145 e. The number of hydrogen-bond donors (Lipinski definition) is 0. The molecule has 1 aliphatic rings. The molecule has 0 amide bonds. The maximum atomic E-state index is 5.25. The van der Waals surface area contributed by atoms with Crippen molar-refractivity contribution >= 4 is 18.1 Å². The molecule has 1 nitrogen and oxygen atoms in total. The zero-order chi connectivity index (χ0) is 6.81. The van der Waals surface area contributed by atoms with Crippen LogP contribution in [0.4, 0.5) is 0 Å². The Hall–Kier alpha value is -0.890. The zero-order valence-corrected chi connectivity index (χ0v) is 6.10. The number of para-hydroxylation sites is 1. The molecule has 0 fully saturated rings. The fourth-order valence-electron chi connectivity index (χ4n) is 0.875. The molecule has 0 aromatic heterocycles. The molecule has 2 heteroatoms. The highest BCUT2D eigenvalue weighted by molar-refractivity contribution is 7.98. The summed E-state index contributed by atoms with van der Waals surface area (Å²) in [5, 5.41) is 1.93. The highest BCUT2D eigenvalue weighted by Gasteiger charge is 2.02. The Morgan fingerprint density at radius 3 is 3.00 bits per heavy atom. The van der Waals surface area contributed by atoms with Crippen LogP contribution in [-0.4, -0.2) is 0 Å². The third-order valence-electron chi connectivity index (χ3n) is 1.36. The van der Waals surface area contributed by atoms with Crippen LogP contribution < -0.4 is 4.18 Å². The maximum absolute atomic E-state index is 5.25. The van der Waals surface area contributed by atoms with Gasteiger partial charge in [0.2, 0.25) is 0 Å². The van der Waals surface area contributed by atoms with Gasteiger partial charge >= 0.3 is 0 Å². The summed E-state index contributed by atoms with van der Waals surface area (Å²) < 4.78 is 5.25. The van der Waals surface area contributed by atoms with Gasteiger partial charge in [0.05, 0.1) is 12.0 Å². The SMILES string of the molecule is C1=Cc2ccccc2OS1. The van der Waals surface area contributed by atoms with Gasteiger partial charge in [0.15, 0.2) is 0 Å². The van der Waals surface area contributed by atoms with Crippen LogP contribution in [0.1, 0.15) is 5.56 Å². The van der Waals surface area contributed by atoms with Gasteiger partial charge in [-0.05, 0) is 12.1 Å². The predicted octanol–water partition coefficient (Wildman–Crippen LogP) is 2.70. The van der Waals surface area contributed by atoms with E-state index >= 15 is 0 Å². The van der Waals surface area contributed by atoms with E-state index < -0.39 is 0 Å². The Bertz CT molecular complexity index is 268. The molecule has 1 aromatic carbocycles. The van der Waals surface area contributed by atoms with Gasteiger partial charge in [0.1, 0.15) is 5.75 Å². The zero-order valence-electron chi connectivity index (χ0n) is 5.28. The van der Waals surface area contributed by atoms with Crippen molar-refractivity contribution in [2.45, 2.75) is 0 Å². The van der Waals surface area contributed by atoms with E-state index in [-0.39, 0.29) is 0 Å². The summed E-state index contributed by atoms with van der Waals surface area (Å²) in [5.41, 5.74) is 1.15. The van der Waals surface area contributed by atoms with Crippen LogP contribution in [0.25, 0.3) is 6.08 Å². The lowest BCUT2D eigenvalue weighted by molar-refractivity contribution is 0.648. The first-order valence-corrected chi connectivity index (χ1v) is 3.86. The molecule has 0 spiro atoms. The lowest BCUT2D eigenvalue weighted by Crippen LogP contribution is -1.86. The van der Waals surface area contributed by atoms with Crippen molar-refractivity contribution in [1.29, 1.82) is 0 Å². The standard InChI is InChI=1S/C8H6OS/c1-2-4-8-7(3-1)5-6-10-9-8/h1-6H. The summed E-state index contributed by atoms with van der Waals surface area (Å²) in [4.78, 5) is 0. The third kappa shape index (κ3) is 0.907. The van der Waals surface area contributed by atoms with Crippen LogP contribution in [0.3, 0.4) is 0 Å². The van der Waals surface area contributed by atoms with Crippen LogP contribution >= 0.6 is 12.0 Å². The monoisotopic (exact) mass is 150 g/mol. The van der Waals surface area contributed by atoms with E-state index in [0.717, 1.165) is 11.3 Å². The molecule has 0 saturated heterocycles. The number of rotatable bonds is 0. The number of hydrogen-bond acceptors (Lipinski definition) is 2. The molecule has 0 saturated carbocycles. The molecule has 0 bridgehead atoms.